The molecule has 0 aliphatic carbocycles. The average molecular weight is 461 g/mol. The molecule has 168 valence electrons. The molecule has 2 amide bonds. The molecule has 0 saturated heterocycles. The van der Waals surface area contributed by atoms with Crippen molar-refractivity contribution >= 4 is 35.2 Å². The Morgan fingerprint density at radius 3 is 2.61 bits per heavy atom. The van der Waals surface area contributed by atoms with Gasteiger partial charge < -0.3 is 10.1 Å². The monoisotopic (exact) mass is 460 g/mol. The van der Waals surface area contributed by atoms with Crippen molar-refractivity contribution in [3.05, 3.63) is 101 Å². The van der Waals surface area contributed by atoms with Crippen LogP contribution in [0.15, 0.2) is 84.6 Å². The maximum Gasteiger partial charge on any atom is 0.294 e. The lowest BCUT2D eigenvalue weighted by molar-refractivity contribution is -0.123. The number of nitrogens with one attached hydrogen (secondary N) is 1. The van der Waals surface area contributed by atoms with Crippen LogP contribution < -0.4 is 15.0 Å². The van der Waals surface area contributed by atoms with Crippen LogP contribution in [0.5, 0.6) is 5.75 Å². The minimum Gasteiger partial charge on any atom is -0.449 e. The number of nitrogens with zero attached hydrogens (tertiary/aromatic N) is 1. The zero-order chi connectivity index (χ0) is 23.2. The van der Waals surface area contributed by atoms with E-state index in [4.69, 9.17) is 16.3 Å². The van der Waals surface area contributed by atoms with Crippen LogP contribution in [0.4, 0.5) is 5.69 Å². The van der Waals surface area contributed by atoms with Gasteiger partial charge in [0.2, 0.25) is 5.91 Å². The summed E-state index contributed by atoms with van der Waals surface area (Å²) >= 11 is 6.07. The highest BCUT2D eigenvalue weighted by molar-refractivity contribution is 6.30. The molecule has 1 aliphatic heterocycles. The molecule has 4 rings (SSSR count). The molecule has 0 radical (unpaired) electrons. The van der Waals surface area contributed by atoms with Gasteiger partial charge in [0.25, 0.3) is 5.91 Å². The quantitative estimate of drug-likeness (QED) is 0.490. The second-order valence-corrected chi connectivity index (χ2v) is 8.45. The number of para-hydroxylation sites is 2. The van der Waals surface area contributed by atoms with E-state index in [0.29, 0.717) is 16.5 Å². The summed E-state index contributed by atoms with van der Waals surface area (Å²) in [6, 6.07) is 24.5. The Hall–Kier alpha value is -3.57. The van der Waals surface area contributed by atoms with Gasteiger partial charge in [-0.1, -0.05) is 66.2 Å². The van der Waals surface area contributed by atoms with Gasteiger partial charge in [0.1, 0.15) is 6.54 Å². The van der Waals surface area contributed by atoms with Crippen molar-refractivity contribution in [1.82, 2.24) is 5.32 Å². The number of carbonyl (C=O) groups is 2. The minimum atomic E-state index is -0.374. The summed E-state index contributed by atoms with van der Waals surface area (Å²) < 4.78 is 5.86. The molecule has 3 aromatic carbocycles. The van der Waals surface area contributed by atoms with E-state index in [-0.39, 0.29) is 30.2 Å². The number of carbonyl (C=O) groups excluding carboxylic acids is 2. The second kappa shape index (κ2) is 10.4. The summed E-state index contributed by atoms with van der Waals surface area (Å²) in [4.78, 5) is 27.5. The van der Waals surface area contributed by atoms with E-state index < -0.39 is 0 Å². The highest BCUT2D eigenvalue weighted by Gasteiger charge is 2.31. The fraction of sp³-hybridized carbons (Fsp3) is 0.185. The first-order valence-electron chi connectivity index (χ1n) is 10.9. The van der Waals surface area contributed by atoms with E-state index in [1.54, 1.807) is 36.4 Å². The summed E-state index contributed by atoms with van der Waals surface area (Å²) in [6.45, 7) is 1.88. The number of rotatable bonds is 7. The Kier molecular flexibility index (Phi) is 7.10. The highest BCUT2D eigenvalue weighted by atomic mass is 35.5. The topological polar surface area (TPSA) is 58.6 Å². The molecule has 5 nitrogen and oxygen atoms in total. The van der Waals surface area contributed by atoms with Crippen LogP contribution >= 0.6 is 11.6 Å². The Morgan fingerprint density at radius 1 is 1.06 bits per heavy atom. The van der Waals surface area contributed by atoms with Crippen LogP contribution in [0.2, 0.25) is 5.02 Å². The van der Waals surface area contributed by atoms with Gasteiger partial charge in [-0.3, -0.25) is 14.5 Å². The second-order valence-electron chi connectivity index (χ2n) is 8.02. The van der Waals surface area contributed by atoms with Crippen LogP contribution in [0.25, 0.3) is 6.08 Å². The molecule has 0 aromatic heterocycles. The maximum absolute atomic E-state index is 13.2. The summed E-state index contributed by atoms with van der Waals surface area (Å²) in [5.41, 5.74) is 2.54. The number of hydrogen-bond acceptors (Lipinski definition) is 3. The number of fused-ring (bicyclic) bond motifs is 1. The van der Waals surface area contributed by atoms with Gasteiger partial charge in [-0.2, -0.15) is 0 Å². The SMILES string of the molecule is CC(CCc1ccccc1)NC(=O)CN1C(=O)C(=Cc2cccc(Cl)c2)Oc2ccccc21. The zero-order valence-electron chi connectivity index (χ0n) is 18.3. The number of anilines is 1. The summed E-state index contributed by atoms with van der Waals surface area (Å²) in [7, 11) is 0. The molecule has 3 aromatic rings. The van der Waals surface area contributed by atoms with Gasteiger partial charge in [-0.05, 0) is 61.2 Å². The number of aryl methyl sites for hydroxylation is 1. The predicted molar refractivity (Wildman–Crippen MR) is 131 cm³/mol. The minimum absolute atomic E-state index is 0.0226. The lowest BCUT2D eigenvalue weighted by atomic mass is 10.1. The third-order valence-electron chi connectivity index (χ3n) is 5.40. The molecule has 1 N–H and O–H groups in total. The molecule has 0 fully saturated rings. The van der Waals surface area contributed by atoms with Crippen LogP contribution in [0.3, 0.4) is 0 Å². The highest BCUT2D eigenvalue weighted by Crippen LogP contribution is 2.35. The van der Waals surface area contributed by atoms with Crippen LogP contribution in [0.1, 0.15) is 24.5 Å². The molecule has 1 atom stereocenters. The molecular weight excluding hydrogens is 436 g/mol. The van der Waals surface area contributed by atoms with E-state index in [0.717, 1.165) is 18.4 Å². The summed E-state index contributed by atoms with van der Waals surface area (Å²) in [6.07, 6.45) is 3.31. The van der Waals surface area contributed by atoms with Crippen molar-refractivity contribution in [1.29, 1.82) is 0 Å². The van der Waals surface area contributed by atoms with E-state index in [1.807, 2.05) is 43.3 Å². The largest absolute Gasteiger partial charge is 0.449 e. The Bertz CT molecular complexity index is 1180. The van der Waals surface area contributed by atoms with Gasteiger partial charge in [-0.25, -0.2) is 0 Å². The first-order chi connectivity index (χ1) is 16.0. The first kappa shape index (κ1) is 22.6. The Balaban J connectivity index is 1.47. The third-order valence-corrected chi connectivity index (χ3v) is 5.63. The van der Waals surface area contributed by atoms with Crippen molar-refractivity contribution in [2.24, 2.45) is 0 Å². The average Bonchev–Trinajstić information content (AvgIpc) is 2.81. The number of halogens is 1. The molecule has 0 saturated carbocycles. The lowest BCUT2D eigenvalue weighted by Gasteiger charge is -2.30. The molecule has 1 unspecified atom stereocenters. The smallest absolute Gasteiger partial charge is 0.294 e. The third kappa shape index (κ3) is 5.82. The Labute approximate surface area is 198 Å². The molecule has 33 heavy (non-hydrogen) atoms. The summed E-state index contributed by atoms with van der Waals surface area (Å²) in [5, 5.41) is 3.57. The molecule has 6 heteroatoms. The van der Waals surface area contributed by atoms with Crippen molar-refractivity contribution in [3.63, 3.8) is 0 Å². The number of amides is 2. The normalized spacial score (nSPS) is 15.0. The summed E-state index contributed by atoms with van der Waals surface area (Å²) in [5.74, 6) is 0.0691. The van der Waals surface area contributed by atoms with E-state index in [1.165, 1.54) is 10.5 Å². The molecule has 1 aliphatic rings. The number of benzene rings is 3. The standard InChI is InChI=1S/C27H25ClN2O3/c1-19(14-15-20-8-3-2-4-9-20)29-26(31)18-30-23-12-5-6-13-24(23)33-25(27(30)32)17-21-10-7-11-22(28)16-21/h2-13,16-17,19H,14-15,18H2,1H3,(H,29,31). The molecule has 0 spiro atoms. The Morgan fingerprint density at radius 2 is 1.82 bits per heavy atom. The first-order valence-corrected chi connectivity index (χ1v) is 11.3. The van der Waals surface area contributed by atoms with Crippen molar-refractivity contribution < 1.29 is 14.3 Å². The van der Waals surface area contributed by atoms with Crippen LogP contribution in [-0.2, 0) is 16.0 Å². The van der Waals surface area contributed by atoms with E-state index in [9.17, 15) is 9.59 Å². The predicted octanol–water partition coefficient (Wildman–Crippen LogP) is 5.24. The van der Waals surface area contributed by atoms with Gasteiger partial charge >= 0.3 is 0 Å². The van der Waals surface area contributed by atoms with Crippen LogP contribution in [0, 0.1) is 0 Å². The number of ether oxygens (including phenoxy) is 1. The van der Waals surface area contributed by atoms with Crippen molar-refractivity contribution in [2.45, 2.75) is 25.8 Å². The van der Waals surface area contributed by atoms with Gasteiger partial charge in [0, 0.05) is 11.1 Å². The molecular formula is C27H25ClN2O3. The fourth-order valence-electron chi connectivity index (χ4n) is 3.73. The van der Waals surface area contributed by atoms with E-state index >= 15 is 0 Å². The number of hydrogen-bond donors (Lipinski definition) is 1. The van der Waals surface area contributed by atoms with Gasteiger partial charge in [0.15, 0.2) is 11.5 Å². The molecule has 1 heterocycles. The van der Waals surface area contributed by atoms with Crippen molar-refractivity contribution in [2.75, 3.05) is 11.4 Å². The van der Waals surface area contributed by atoms with Crippen molar-refractivity contribution in [3.8, 4) is 5.75 Å². The lowest BCUT2D eigenvalue weighted by Crippen LogP contribution is -2.46. The molecule has 0 bridgehead atoms. The maximum atomic E-state index is 13.2. The zero-order valence-corrected chi connectivity index (χ0v) is 19.1. The van der Waals surface area contributed by atoms with Gasteiger partial charge in [-0.15, -0.1) is 0 Å². The van der Waals surface area contributed by atoms with Crippen LogP contribution in [-0.4, -0.2) is 24.4 Å². The fourth-order valence-corrected chi connectivity index (χ4v) is 3.93. The van der Waals surface area contributed by atoms with E-state index in [2.05, 4.69) is 17.4 Å². The van der Waals surface area contributed by atoms with Gasteiger partial charge in [0.05, 0.1) is 5.69 Å².